The van der Waals surface area contributed by atoms with E-state index in [1.54, 1.807) is 0 Å². The minimum atomic E-state index is 0.0951. The monoisotopic (exact) mass is 229 g/mol. The van der Waals surface area contributed by atoms with Gasteiger partial charge in [-0.1, -0.05) is 30.3 Å². The molecule has 4 heteroatoms. The smallest absolute Gasteiger partial charge is 0.0986 e. The summed E-state index contributed by atoms with van der Waals surface area (Å²) < 4.78 is 5.76. The van der Waals surface area contributed by atoms with Gasteiger partial charge >= 0.3 is 0 Å². The van der Waals surface area contributed by atoms with Gasteiger partial charge in [-0.25, -0.2) is 0 Å². The zero-order valence-electron chi connectivity index (χ0n) is 9.52. The summed E-state index contributed by atoms with van der Waals surface area (Å²) in [6.45, 7) is 2.53. The predicted molar refractivity (Wildman–Crippen MR) is 65.6 cm³/mol. The molecule has 88 valence electrons. The van der Waals surface area contributed by atoms with E-state index in [0.29, 0.717) is 0 Å². The molecule has 0 saturated carbocycles. The molecule has 1 fully saturated rings. The Morgan fingerprint density at radius 3 is 2.88 bits per heavy atom. The molecule has 3 rings (SSSR count). The van der Waals surface area contributed by atoms with Crippen molar-refractivity contribution in [3.63, 3.8) is 0 Å². The molecule has 1 unspecified atom stereocenters. The van der Waals surface area contributed by atoms with Gasteiger partial charge in [0.2, 0.25) is 0 Å². The van der Waals surface area contributed by atoms with E-state index in [-0.39, 0.29) is 6.10 Å². The molecule has 2 N–H and O–H groups in total. The Bertz CT molecular complexity index is 474. The minimum Gasteiger partial charge on any atom is -0.371 e. The molecule has 2 aromatic rings. The van der Waals surface area contributed by atoms with Crippen molar-refractivity contribution in [3.05, 3.63) is 42.1 Å². The number of rotatable bonds is 2. The van der Waals surface area contributed by atoms with Crippen molar-refractivity contribution in [1.82, 2.24) is 15.5 Å². The van der Waals surface area contributed by atoms with E-state index < -0.39 is 0 Å². The van der Waals surface area contributed by atoms with Crippen LogP contribution in [0.1, 0.15) is 11.7 Å². The number of hydrogen-bond donors (Lipinski definition) is 2. The van der Waals surface area contributed by atoms with E-state index >= 15 is 0 Å². The summed E-state index contributed by atoms with van der Waals surface area (Å²) in [6, 6.07) is 10.2. The van der Waals surface area contributed by atoms with Gasteiger partial charge in [0.05, 0.1) is 24.6 Å². The van der Waals surface area contributed by atoms with Crippen molar-refractivity contribution < 1.29 is 4.74 Å². The van der Waals surface area contributed by atoms with Crippen LogP contribution in [0, 0.1) is 0 Å². The predicted octanol–water partition coefficient (Wildman–Crippen LogP) is 1.74. The number of H-pyrrole nitrogens is 1. The highest BCUT2D eigenvalue weighted by atomic mass is 16.5. The second kappa shape index (κ2) is 4.69. The first-order valence-corrected chi connectivity index (χ1v) is 5.86. The zero-order valence-corrected chi connectivity index (χ0v) is 9.52. The summed E-state index contributed by atoms with van der Waals surface area (Å²) >= 11 is 0. The zero-order chi connectivity index (χ0) is 11.5. The molecule has 0 amide bonds. The second-order valence-corrected chi connectivity index (χ2v) is 4.13. The van der Waals surface area contributed by atoms with Gasteiger partial charge < -0.3 is 10.1 Å². The highest BCUT2D eigenvalue weighted by molar-refractivity contribution is 5.62. The number of benzene rings is 1. The lowest BCUT2D eigenvalue weighted by atomic mass is 10.0. The molecule has 1 saturated heterocycles. The molecule has 1 aromatic carbocycles. The molecule has 0 bridgehead atoms. The Morgan fingerprint density at radius 2 is 2.12 bits per heavy atom. The SMILES string of the molecule is c1ccc(-c2[nH]ncc2C2CNCCO2)cc1. The van der Waals surface area contributed by atoms with Crippen molar-refractivity contribution in [2.75, 3.05) is 19.7 Å². The molecule has 0 spiro atoms. The van der Waals surface area contributed by atoms with Crippen molar-refractivity contribution in [3.8, 4) is 11.3 Å². The average Bonchev–Trinajstić information content (AvgIpc) is 2.90. The number of hydrogen-bond acceptors (Lipinski definition) is 3. The van der Waals surface area contributed by atoms with E-state index in [1.165, 1.54) is 0 Å². The third-order valence-electron chi connectivity index (χ3n) is 3.01. The molecule has 4 nitrogen and oxygen atoms in total. The molecular formula is C13H15N3O. The molecule has 0 radical (unpaired) electrons. The van der Waals surface area contributed by atoms with E-state index in [0.717, 1.165) is 36.5 Å². The number of morpholine rings is 1. The number of nitrogens with zero attached hydrogens (tertiary/aromatic N) is 1. The maximum Gasteiger partial charge on any atom is 0.0986 e. The van der Waals surface area contributed by atoms with Gasteiger partial charge in [-0.2, -0.15) is 5.10 Å². The molecule has 0 aliphatic carbocycles. The second-order valence-electron chi connectivity index (χ2n) is 4.13. The summed E-state index contributed by atoms with van der Waals surface area (Å²) in [5.74, 6) is 0. The van der Waals surface area contributed by atoms with Crippen LogP contribution in [-0.4, -0.2) is 29.9 Å². The van der Waals surface area contributed by atoms with Crippen LogP contribution in [0.3, 0.4) is 0 Å². The topological polar surface area (TPSA) is 49.9 Å². The van der Waals surface area contributed by atoms with Crippen LogP contribution < -0.4 is 5.32 Å². The highest BCUT2D eigenvalue weighted by Crippen LogP contribution is 2.28. The van der Waals surface area contributed by atoms with Crippen LogP contribution in [0.4, 0.5) is 0 Å². The number of aromatic amines is 1. The standard InChI is InChI=1S/C13H15N3O/c1-2-4-10(5-3-1)13-11(8-15-16-13)12-9-14-6-7-17-12/h1-5,8,12,14H,6-7,9H2,(H,15,16). The fourth-order valence-corrected chi connectivity index (χ4v) is 2.14. The van der Waals surface area contributed by atoms with Crippen LogP contribution >= 0.6 is 0 Å². The fourth-order valence-electron chi connectivity index (χ4n) is 2.14. The summed E-state index contributed by atoms with van der Waals surface area (Å²) in [7, 11) is 0. The van der Waals surface area contributed by atoms with Crippen LogP contribution in [-0.2, 0) is 4.74 Å². The molecule has 1 aliphatic rings. The first-order valence-electron chi connectivity index (χ1n) is 5.86. The number of aromatic nitrogens is 2. The maximum atomic E-state index is 5.76. The third kappa shape index (κ3) is 2.09. The lowest BCUT2D eigenvalue weighted by Gasteiger charge is -2.23. The van der Waals surface area contributed by atoms with Crippen LogP contribution in [0.15, 0.2) is 36.5 Å². The van der Waals surface area contributed by atoms with Gasteiger partial charge in [-0.15, -0.1) is 0 Å². The molecule has 17 heavy (non-hydrogen) atoms. The Balaban J connectivity index is 1.93. The Morgan fingerprint density at radius 1 is 1.24 bits per heavy atom. The van der Waals surface area contributed by atoms with E-state index in [2.05, 4.69) is 27.6 Å². The summed E-state index contributed by atoms with van der Waals surface area (Å²) in [5, 5.41) is 10.5. The summed E-state index contributed by atoms with van der Waals surface area (Å²) in [5.41, 5.74) is 3.33. The molecule has 1 atom stereocenters. The van der Waals surface area contributed by atoms with Crippen molar-refractivity contribution in [2.24, 2.45) is 0 Å². The van der Waals surface area contributed by atoms with Gasteiger partial charge in [-0.3, -0.25) is 5.10 Å². The lowest BCUT2D eigenvalue weighted by molar-refractivity contribution is 0.0280. The van der Waals surface area contributed by atoms with Crippen molar-refractivity contribution in [1.29, 1.82) is 0 Å². The molecule has 2 heterocycles. The van der Waals surface area contributed by atoms with Crippen molar-refractivity contribution >= 4 is 0 Å². The number of nitrogens with one attached hydrogen (secondary N) is 2. The van der Waals surface area contributed by atoms with E-state index in [9.17, 15) is 0 Å². The quantitative estimate of drug-likeness (QED) is 0.824. The average molecular weight is 229 g/mol. The Labute approximate surface area is 100 Å². The van der Waals surface area contributed by atoms with Gasteiger partial charge in [0.15, 0.2) is 0 Å². The molecule has 1 aromatic heterocycles. The Hall–Kier alpha value is -1.65. The molecule has 1 aliphatic heterocycles. The number of ether oxygens (including phenoxy) is 1. The van der Waals surface area contributed by atoms with Gasteiger partial charge in [0, 0.05) is 18.7 Å². The minimum absolute atomic E-state index is 0.0951. The van der Waals surface area contributed by atoms with Crippen molar-refractivity contribution in [2.45, 2.75) is 6.10 Å². The normalized spacial score (nSPS) is 20.4. The largest absolute Gasteiger partial charge is 0.371 e. The van der Waals surface area contributed by atoms with E-state index in [1.807, 2.05) is 24.4 Å². The van der Waals surface area contributed by atoms with Crippen LogP contribution in [0.5, 0.6) is 0 Å². The first-order chi connectivity index (χ1) is 8.45. The Kier molecular flexibility index (Phi) is 2.90. The van der Waals surface area contributed by atoms with Crippen LogP contribution in [0.25, 0.3) is 11.3 Å². The highest BCUT2D eigenvalue weighted by Gasteiger charge is 2.20. The van der Waals surface area contributed by atoms with Gasteiger partial charge in [0.1, 0.15) is 0 Å². The third-order valence-corrected chi connectivity index (χ3v) is 3.01. The lowest BCUT2D eigenvalue weighted by Crippen LogP contribution is -2.33. The fraction of sp³-hybridized carbons (Fsp3) is 0.308. The molecular weight excluding hydrogens is 214 g/mol. The summed E-state index contributed by atoms with van der Waals surface area (Å²) in [4.78, 5) is 0. The van der Waals surface area contributed by atoms with E-state index in [4.69, 9.17) is 4.74 Å². The summed E-state index contributed by atoms with van der Waals surface area (Å²) in [6.07, 6.45) is 1.96. The van der Waals surface area contributed by atoms with Gasteiger partial charge in [-0.05, 0) is 5.56 Å². The van der Waals surface area contributed by atoms with Crippen LogP contribution in [0.2, 0.25) is 0 Å². The first kappa shape index (κ1) is 10.5. The van der Waals surface area contributed by atoms with Gasteiger partial charge in [0.25, 0.3) is 0 Å². The maximum absolute atomic E-state index is 5.76.